The van der Waals surface area contributed by atoms with Crippen LogP contribution in [-0.2, 0) is 16.8 Å². The topological polar surface area (TPSA) is 41.6 Å². The SMILES string of the molecule is CC(C)(C)c1ccc(OCCNC(=O)C2CCN(Cc3ccc(Cl)cc3Cl)CC2)cc1. The Morgan fingerprint density at radius 3 is 2.39 bits per heavy atom. The first kappa shape index (κ1) is 23.9. The molecule has 1 aliphatic heterocycles. The second kappa shape index (κ2) is 10.7. The van der Waals surface area contributed by atoms with Crippen LogP contribution in [0, 0.1) is 5.92 Å². The van der Waals surface area contributed by atoms with Crippen molar-refractivity contribution in [2.75, 3.05) is 26.2 Å². The molecule has 168 valence electrons. The Labute approximate surface area is 195 Å². The Kier molecular flexibility index (Phi) is 8.26. The Bertz CT molecular complexity index is 870. The number of carbonyl (C=O) groups is 1. The minimum absolute atomic E-state index is 0.0583. The van der Waals surface area contributed by atoms with Crippen LogP contribution in [0.15, 0.2) is 42.5 Å². The van der Waals surface area contributed by atoms with Crippen LogP contribution in [0.25, 0.3) is 0 Å². The maximum atomic E-state index is 12.5. The van der Waals surface area contributed by atoms with Crippen LogP contribution in [0.2, 0.25) is 10.0 Å². The molecule has 0 aromatic heterocycles. The lowest BCUT2D eigenvalue weighted by Crippen LogP contribution is -2.41. The Hall–Kier alpha value is -1.75. The first-order valence-electron chi connectivity index (χ1n) is 10.9. The average Bonchev–Trinajstić information content (AvgIpc) is 2.73. The minimum Gasteiger partial charge on any atom is -0.492 e. The maximum Gasteiger partial charge on any atom is 0.223 e. The number of carbonyl (C=O) groups excluding carboxylic acids is 1. The Balaban J connectivity index is 1.35. The van der Waals surface area contributed by atoms with E-state index in [0.717, 1.165) is 43.8 Å². The van der Waals surface area contributed by atoms with Gasteiger partial charge in [0.1, 0.15) is 12.4 Å². The average molecular weight is 463 g/mol. The second-order valence-corrected chi connectivity index (χ2v) is 10.0. The van der Waals surface area contributed by atoms with Crippen molar-refractivity contribution in [1.29, 1.82) is 0 Å². The molecule has 1 heterocycles. The van der Waals surface area contributed by atoms with Crippen molar-refractivity contribution in [3.63, 3.8) is 0 Å². The predicted molar refractivity (Wildman–Crippen MR) is 128 cm³/mol. The third kappa shape index (κ3) is 7.13. The molecule has 0 aliphatic carbocycles. The van der Waals surface area contributed by atoms with E-state index in [2.05, 4.69) is 43.1 Å². The van der Waals surface area contributed by atoms with E-state index in [1.165, 1.54) is 5.56 Å². The fraction of sp³-hybridized carbons (Fsp3) is 0.480. The molecule has 3 rings (SSSR count). The van der Waals surface area contributed by atoms with Crippen molar-refractivity contribution < 1.29 is 9.53 Å². The molecule has 1 saturated heterocycles. The lowest BCUT2D eigenvalue weighted by atomic mass is 9.87. The molecule has 1 fully saturated rings. The summed E-state index contributed by atoms with van der Waals surface area (Å²) in [5.74, 6) is 1.01. The monoisotopic (exact) mass is 462 g/mol. The number of hydrogen-bond donors (Lipinski definition) is 1. The summed E-state index contributed by atoms with van der Waals surface area (Å²) in [5, 5.41) is 4.36. The molecule has 31 heavy (non-hydrogen) atoms. The Morgan fingerprint density at radius 2 is 1.77 bits per heavy atom. The fourth-order valence-electron chi connectivity index (χ4n) is 3.78. The van der Waals surface area contributed by atoms with E-state index in [0.29, 0.717) is 23.2 Å². The maximum absolute atomic E-state index is 12.5. The first-order valence-corrected chi connectivity index (χ1v) is 11.7. The van der Waals surface area contributed by atoms with Gasteiger partial charge in [-0.2, -0.15) is 0 Å². The van der Waals surface area contributed by atoms with Gasteiger partial charge in [-0.15, -0.1) is 0 Å². The molecule has 6 heteroatoms. The van der Waals surface area contributed by atoms with Gasteiger partial charge < -0.3 is 10.1 Å². The van der Waals surface area contributed by atoms with Crippen molar-refractivity contribution in [2.24, 2.45) is 5.92 Å². The number of hydrogen-bond acceptors (Lipinski definition) is 3. The highest BCUT2D eigenvalue weighted by Crippen LogP contribution is 2.26. The van der Waals surface area contributed by atoms with Gasteiger partial charge in [-0.3, -0.25) is 9.69 Å². The summed E-state index contributed by atoms with van der Waals surface area (Å²) in [6.45, 7) is 10.1. The predicted octanol–water partition coefficient (Wildman–Crippen LogP) is 5.70. The normalized spacial score (nSPS) is 15.6. The van der Waals surface area contributed by atoms with Gasteiger partial charge in [0.25, 0.3) is 0 Å². The molecule has 0 spiro atoms. The summed E-state index contributed by atoms with van der Waals surface area (Å²) in [7, 11) is 0. The van der Waals surface area contributed by atoms with Gasteiger partial charge in [0, 0.05) is 22.5 Å². The molecule has 1 aliphatic rings. The third-order valence-electron chi connectivity index (χ3n) is 5.76. The van der Waals surface area contributed by atoms with Crippen LogP contribution >= 0.6 is 23.2 Å². The molecular weight excluding hydrogens is 431 g/mol. The highest BCUT2D eigenvalue weighted by atomic mass is 35.5. The number of ether oxygens (including phenoxy) is 1. The van der Waals surface area contributed by atoms with E-state index >= 15 is 0 Å². The highest BCUT2D eigenvalue weighted by Gasteiger charge is 2.25. The molecular formula is C25H32Cl2N2O2. The lowest BCUT2D eigenvalue weighted by Gasteiger charge is -2.31. The number of amides is 1. The quantitative estimate of drug-likeness (QED) is 0.536. The van der Waals surface area contributed by atoms with E-state index in [4.69, 9.17) is 27.9 Å². The van der Waals surface area contributed by atoms with Gasteiger partial charge in [0.2, 0.25) is 5.91 Å². The van der Waals surface area contributed by atoms with E-state index in [-0.39, 0.29) is 17.2 Å². The van der Waals surface area contributed by atoms with Crippen LogP contribution in [0.5, 0.6) is 5.75 Å². The molecule has 1 amide bonds. The molecule has 0 bridgehead atoms. The highest BCUT2D eigenvalue weighted by molar-refractivity contribution is 6.35. The molecule has 0 saturated carbocycles. The number of likely N-dealkylation sites (tertiary alicyclic amines) is 1. The summed E-state index contributed by atoms with van der Waals surface area (Å²) in [6.07, 6.45) is 1.71. The summed E-state index contributed by atoms with van der Waals surface area (Å²) in [4.78, 5) is 14.8. The molecule has 0 radical (unpaired) electrons. The summed E-state index contributed by atoms with van der Waals surface area (Å²) >= 11 is 12.3. The first-order chi connectivity index (χ1) is 14.7. The number of halogens is 2. The van der Waals surface area contributed by atoms with Gasteiger partial charge >= 0.3 is 0 Å². The van der Waals surface area contributed by atoms with Crippen LogP contribution < -0.4 is 10.1 Å². The van der Waals surface area contributed by atoms with Crippen molar-refractivity contribution in [2.45, 2.75) is 45.6 Å². The summed E-state index contributed by atoms with van der Waals surface area (Å²) in [6, 6.07) is 13.8. The molecule has 1 N–H and O–H groups in total. The van der Waals surface area contributed by atoms with Gasteiger partial charge in [0.05, 0.1) is 6.54 Å². The fourth-order valence-corrected chi connectivity index (χ4v) is 4.25. The van der Waals surface area contributed by atoms with Crippen LogP contribution in [0.3, 0.4) is 0 Å². The van der Waals surface area contributed by atoms with Crippen LogP contribution in [-0.4, -0.2) is 37.0 Å². The van der Waals surface area contributed by atoms with Crippen molar-refractivity contribution in [3.05, 3.63) is 63.6 Å². The van der Waals surface area contributed by atoms with Crippen LogP contribution in [0.1, 0.15) is 44.7 Å². The number of nitrogens with one attached hydrogen (secondary N) is 1. The Morgan fingerprint density at radius 1 is 1.10 bits per heavy atom. The zero-order chi connectivity index (χ0) is 22.4. The lowest BCUT2D eigenvalue weighted by molar-refractivity contribution is -0.126. The largest absolute Gasteiger partial charge is 0.492 e. The molecule has 4 nitrogen and oxygen atoms in total. The number of rotatable bonds is 7. The van der Waals surface area contributed by atoms with E-state index < -0.39 is 0 Å². The van der Waals surface area contributed by atoms with Crippen molar-refractivity contribution >= 4 is 29.1 Å². The smallest absolute Gasteiger partial charge is 0.223 e. The third-order valence-corrected chi connectivity index (χ3v) is 6.34. The van der Waals surface area contributed by atoms with E-state index in [1.807, 2.05) is 24.3 Å². The summed E-state index contributed by atoms with van der Waals surface area (Å²) in [5.41, 5.74) is 2.47. The number of benzene rings is 2. The van der Waals surface area contributed by atoms with Gasteiger partial charge in [-0.1, -0.05) is 62.2 Å². The molecule has 0 unspecified atom stereocenters. The second-order valence-electron chi connectivity index (χ2n) is 9.20. The van der Waals surface area contributed by atoms with E-state index in [1.54, 1.807) is 6.07 Å². The molecule has 0 atom stereocenters. The number of piperidine rings is 1. The zero-order valence-electron chi connectivity index (χ0n) is 18.6. The van der Waals surface area contributed by atoms with Crippen molar-refractivity contribution in [3.8, 4) is 5.75 Å². The van der Waals surface area contributed by atoms with Gasteiger partial charge in [0.15, 0.2) is 0 Å². The standard InChI is InChI=1S/C25H32Cl2N2O2/c1-25(2,3)20-5-8-22(9-6-20)31-15-12-28-24(30)18-10-13-29(14-11-18)17-19-4-7-21(26)16-23(19)27/h4-9,16,18H,10-15,17H2,1-3H3,(H,28,30). The van der Waals surface area contributed by atoms with Crippen LogP contribution in [0.4, 0.5) is 0 Å². The minimum atomic E-state index is 0.0583. The number of nitrogens with zero attached hydrogens (tertiary/aromatic N) is 1. The molecule has 2 aromatic rings. The van der Waals surface area contributed by atoms with Gasteiger partial charge in [-0.05, 0) is 66.7 Å². The summed E-state index contributed by atoms with van der Waals surface area (Å²) < 4.78 is 5.77. The van der Waals surface area contributed by atoms with Crippen molar-refractivity contribution in [1.82, 2.24) is 10.2 Å². The molecule has 2 aromatic carbocycles. The van der Waals surface area contributed by atoms with Gasteiger partial charge in [-0.25, -0.2) is 0 Å². The zero-order valence-corrected chi connectivity index (χ0v) is 20.1. The van der Waals surface area contributed by atoms with E-state index in [9.17, 15) is 4.79 Å².